The molecule has 5 aliphatic rings. The topological polar surface area (TPSA) is 59.5 Å². The molecule has 2 saturated carbocycles. The van der Waals surface area contributed by atoms with E-state index in [1.54, 1.807) is 11.4 Å². The summed E-state index contributed by atoms with van der Waals surface area (Å²) < 4.78 is 33.6. The summed E-state index contributed by atoms with van der Waals surface area (Å²) in [5.41, 5.74) is 3.86. The van der Waals surface area contributed by atoms with E-state index in [1.165, 1.54) is 46.6 Å². The molecule has 3 heterocycles. The Morgan fingerprint density at radius 2 is 1.97 bits per heavy atom. The van der Waals surface area contributed by atoms with Gasteiger partial charge in [0, 0.05) is 30.9 Å². The van der Waals surface area contributed by atoms with Crippen LogP contribution >= 0.6 is 0 Å². The fourth-order valence-corrected chi connectivity index (χ4v) is 9.55. The minimum Gasteiger partial charge on any atom is -0.359 e. The minimum atomic E-state index is -3.22. The van der Waals surface area contributed by atoms with Gasteiger partial charge in [-0.15, -0.1) is 0 Å². The summed E-state index contributed by atoms with van der Waals surface area (Å²) in [7, 11) is -1.48. The Morgan fingerprint density at radius 3 is 2.81 bits per heavy atom. The molecule has 7 rings (SSSR count). The van der Waals surface area contributed by atoms with Crippen LogP contribution in [0.2, 0.25) is 0 Å². The third kappa shape index (κ3) is 3.07. The molecule has 6 unspecified atom stereocenters. The number of hydrogen-bond donors (Lipinski definition) is 0. The molecule has 1 saturated heterocycles. The number of nitrogens with zero attached hydrogens (tertiary/aromatic N) is 2. The van der Waals surface area contributed by atoms with Gasteiger partial charge in [0.1, 0.15) is 0 Å². The average Bonchev–Trinajstić information content (AvgIpc) is 3.37. The van der Waals surface area contributed by atoms with Crippen LogP contribution in [0.15, 0.2) is 60.0 Å². The zero-order valence-corrected chi connectivity index (χ0v) is 22.4. The second-order valence-electron chi connectivity index (χ2n) is 12.4. The highest BCUT2D eigenvalue weighted by Gasteiger charge is 2.66. The maximum absolute atomic E-state index is 12.3. The summed E-state index contributed by atoms with van der Waals surface area (Å²) in [6.45, 7) is 2.50. The predicted octanol–water partition coefficient (Wildman–Crippen LogP) is 5.74. The number of fused-ring (bicyclic) bond motifs is 2. The Balaban J connectivity index is 1.25. The highest BCUT2D eigenvalue weighted by Crippen LogP contribution is 2.69. The van der Waals surface area contributed by atoms with Gasteiger partial charge in [-0.3, -0.25) is 4.98 Å². The van der Waals surface area contributed by atoms with Crippen molar-refractivity contribution in [3.63, 3.8) is 0 Å². The fourth-order valence-electron chi connectivity index (χ4n) is 8.83. The van der Waals surface area contributed by atoms with Crippen molar-refractivity contribution in [1.29, 1.82) is 0 Å². The van der Waals surface area contributed by atoms with E-state index in [2.05, 4.69) is 48.3 Å². The smallest absolute Gasteiger partial charge is 0.211 e. The molecule has 0 N–H and O–H groups in total. The lowest BCUT2D eigenvalue weighted by atomic mass is 9.58. The van der Waals surface area contributed by atoms with E-state index in [4.69, 9.17) is 4.74 Å². The van der Waals surface area contributed by atoms with Crippen LogP contribution in [0.25, 0.3) is 10.8 Å². The van der Waals surface area contributed by atoms with Crippen molar-refractivity contribution in [3.8, 4) is 0 Å². The van der Waals surface area contributed by atoms with Gasteiger partial charge < -0.3 is 4.74 Å². The molecule has 0 radical (unpaired) electrons. The Bertz CT molecular complexity index is 1430. The van der Waals surface area contributed by atoms with Crippen molar-refractivity contribution < 1.29 is 13.2 Å². The molecule has 6 atom stereocenters. The number of allylic oxidation sites excluding steroid dienone is 1. The van der Waals surface area contributed by atoms with Gasteiger partial charge in [0.25, 0.3) is 0 Å². The lowest BCUT2D eigenvalue weighted by Crippen LogP contribution is -2.55. The first-order valence-electron chi connectivity index (χ1n) is 13.5. The predicted molar refractivity (Wildman–Crippen MR) is 142 cm³/mol. The van der Waals surface area contributed by atoms with E-state index in [1.807, 2.05) is 12.4 Å². The third-order valence-corrected chi connectivity index (χ3v) is 12.1. The Hall–Kier alpha value is -2.02. The van der Waals surface area contributed by atoms with E-state index < -0.39 is 10.0 Å². The van der Waals surface area contributed by atoms with E-state index in [0.29, 0.717) is 11.8 Å². The van der Waals surface area contributed by atoms with Crippen LogP contribution in [0.5, 0.6) is 0 Å². The van der Waals surface area contributed by atoms with Crippen LogP contribution in [0, 0.1) is 11.3 Å². The lowest BCUT2D eigenvalue weighted by molar-refractivity contribution is -0.138. The van der Waals surface area contributed by atoms with Crippen molar-refractivity contribution in [2.24, 2.45) is 11.3 Å². The second kappa shape index (κ2) is 7.52. The monoisotopic (exact) mass is 504 g/mol. The third-order valence-electron chi connectivity index (χ3n) is 10.8. The molecule has 0 amide bonds. The van der Waals surface area contributed by atoms with Crippen LogP contribution in [-0.2, 0) is 14.8 Å². The zero-order valence-electron chi connectivity index (χ0n) is 21.5. The standard InChI is InChI=1S/C30H36N2O3S/c1-28-12-10-24-17-23-6-7-25(32(2)36(3,33)34)18-29(23)13-14-30(24,35-29)27(28)9-8-26(28)21-5-4-20-11-15-31-19-22(20)16-21/h4-5,10-11,15-17,19,25-27H,6-9,12-14,18H2,1-3H3. The van der Waals surface area contributed by atoms with Crippen molar-refractivity contribution in [2.45, 2.75) is 81.5 Å². The van der Waals surface area contributed by atoms with E-state index >= 15 is 0 Å². The average molecular weight is 505 g/mol. The number of aromatic nitrogens is 1. The number of sulfonamides is 1. The highest BCUT2D eigenvalue weighted by molar-refractivity contribution is 7.88. The van der Waals surface area contributed by atoms with Crippen molar-refractivity contribution >= 4 is 20.8 Å². The number of ether oxygens (including phenoxy) is 1. The van der Waals surface area contributed by atoms with Gasteiger partial charge in [0.2, 0.25) is 10.0 Å². The number of pyridine rings is 1. The number of rotatable bonds is 3. The molecule has 1 aromatic carbocycles. The first kappa shape index (κ1) is 23.1. The van der Waals surface area contributed by atoms with Crippen LogP contribution in [0.1, 0.15) is 69.8 Å². The van der Waals surface area contributed by atoms with Crippen LogP contribution < -0.4 is 0 Å². The normalized spacial score (nSPS) is 39.4. The lowest BCUT2D eigenvalue weighted by Gasteiger charge is -2.54. The summed E-state index contributed by atoms with van der Waals surface area (Å²) >= 11 is 0. The summed E-state index contributed by atoms with van der Waals surface area (Å²) in [6.07, 6.45) is 18.2. The van der Waals surface area contributed by atoms with Crippen LogP contribution in [0.4, 0.5) is 0 Å². The molecule has 3 aliphatic carbocycles. The van der Waals surface area contributed by atoms with Crippen LogP contribution in [0.3, 0.4) is 0 Å². The van der Waals surface area contributed by atoms with Gasteiger partial charge in [0.15, 0.2) is 0 Å². The van der Waals surface area contributed by atoms with Crippen molar-refractivity contribution in [3.05, 3.63) is 65.5 Å². The molecule has 36 heavy (non-hydrogen) atoms. The van der Waals surface area contributed by atoms with Crippen LogP contribution in [-0.4, -0.2) is 48.3 Å². The van der Waals surface area contributed by atoms with Gasteiger partial charge in [0.05, 0.1) is 17.5 Å². The molecule has 2 aliphatic heterocycles. The van der Waals surface area contributed by atoms with E-state index in [-0.39, 0.29) is 22.7 Å². The first-order valence-corrected chi connectivity index (χ1v) is 15.4. The summed E-state index contributed by atoms with van der Waals surface area (Å²) in [5, 5.41) is 2.46. The molecule has 190 valence electrons. The van der Waals surface area contributed by atoms with Crippen molar-refractivity contribution in [2.75, 3.05) is 13.3 Å². The summed E-state index contributed by atoms with van der Waals surface area (Å²) in [6, 6.07) is 9.04. The summed E-state index contributed by atoms with van der Waals surface area (Å²) in [4.78, 5) is 4.36. The number of benzene rings is 1. The highest BCUT2D eigenvalue weighted by atomic mass is 32.2. The molecule has 1 aromatic heterocycles. The Labute approximate surface area is 214 Å². The van der Waals surface area contributed by atoms with Gasteiger partial charge in [-0.05, 0) is 103 Å². The quantitative estimate of drug-likeness (QED) is 0.535. The summed E-state index contributed by atoms with van der Waals surface area (Å²) in [5.74, 6) is 0.977. The Morgan fingerprint density at radius 1 is 1.11 bits per heavy atom. The molecule has 2 aromatic rings. The van der Waals surface area contributed by atoms with Gasteiger partial charge in [-0.1, -0.05) is 31.2 Å². The molecule has 2 spiro atoms. The zero-order chi connectivity index (χ0) is 24.9. The molecule has 5 nitrogen and oxygen atoms in total. The molecular formula is C30H36N2O3S. The molecular weight excluding hydrogens is 468 g/mol. The largest absolute Gasteiger partial charge is 0.359 e. The van der Waals surface area contributed by atoms with E-state index in [9.17, 15) is 8.42 Å². The van der Waals surface area contributed by atoms with E-state index in [0.717, 1.165) is 38.5 Å². The second-order valence-corrected chi connectivity index (χ2v) is 14.4. The van der Waals surface area contributed by atoms with Gasteiger partial charge in [-0.25, -0.2) is 12.7 Å². The minimum absolute atomic E-state index is 0.00957. The number of hydrogen-bond acceptors (Lipinski definition) is 4. The fraction of sp³-hybridized carbons (Fsp3) is 0.567. The van der Waals surface area contributed by atoms with Gasteiger partial charge >= 0.3 is 0 Å². The molecule has 2 bridgehead atoms. The SMILES string of the molecule is CN(C1CCC2=CC3=CCC4(C)C(c5ccc6ccncc6c5)CCC4C34CCC2(C1)O4)S(C)(=O)=O. The maximum Gasteiger partial charge on any atom is 0.211 e. The van der Waals surface area contributed by atoms with Crippen molar-refractivity contribution in [1.82, 2.24) is 9.29 Å². The maximum atomic E-state index is 12.3. The molecule has 6 heteroatoms. The molecule has 3 fully saturated rings. The Kier molecular flexibility index (Phi) is 4.83. The first-order chi connectivity index (χ1) is 17.1. The van der Waals surface area contributed by atoms with Gasteiger partial charge in [-0.2, -0.15) is 0 Å².